The van der Waals surface area contributed by atoms with Gasteiger partial charge in [-0.25, -0.2) is 0 Å². The molecule has 0 spiro atoms. The molecule has 98 valence electrons. The van der Waals surface area contributed by atoms with Gasteiger partial charge in [0.05, 0.1) is 6.61 Å². The van der Waals surface area contributed by atoms with E-state index >= 15 is 0 Å². The Kier molecular flexibility index (Phi) is 6.19. The third-order valence-electron chi connectivity index (χ3n) is 2.43. The van der Waals surface area contributed by atoms with Crippen LogP contribution in [-0.4, -0.2) is 35.6 Å². The van der Waals surface area contributed by atoms with Gasteiger partial charge in [0.1, 0.15) is 0 Å². The highest BCUT2D eigenvalue weighted by Crippen LogP contribution is 2.21. The molecule has 3 nitrogen and oxygen atoms in total. The van der Waals surface area contributed by atoms with E-state index in [9.17, 15) is 4.79 Å². The molecule has 0 heterocycles. The molecule has 1 rings (SSSR count). The van der Waals surface area contributed by atoms with Crippen molar-refractivity contribution in [3.05, 3.63) is 39.9 Å². The Morgan fingerprint density at radius 3 is 2.72 bits per heavy atom. The number of amides is 1. The molecular formula is C13H15Cl2NO2. The van der Waals surface area contributed by atoms with E-state index in [0.29, 0.717) is 23.1 Å². The predicted molar refractivity (Wildman–Crippen MR) is 74.8 cm³/mol. The molecule has 0 aromatic heterocycles. The minimum absolute atomic E-state index is 0.0465. The van der Waals surface area contributed by atoms with Gasteiger partial charge < -0.3 is 10.0 Å². The number of carbonyl (C=O) groups excluding carboxylic acids is 1. The zero-order valence-corrected chi connectivity index (χ0v) is 11.6. The zero-order chi connectivity index (χ0) is 13.5. The van der Waals surface area contributed by atoms with E-state index < -0.39 is 0 Å². The van der Waals surface area contributed by atoms with Gasteiger partial charge >= 0.3 is 0 Å². The molecule has 5 heteroatoms. The molecule has 0 bridgehead atoms. The molecule has 0 saturated carbocycles. The van der Waals surface area contributed by atoms with Gasteiger partial charge in [0.2, 0.25) is 5.91 Å². The second-order valence-corrected chi connectivity index (χ2v) is 4.48. The third-order valence-corrected chi connectivity index (χ3v) is 2.99. The molecule has 0 saturated heterocycles. The fourth-order valence-electron chi connectivity index (χ4n) is 1.45. The molecule has 18 heavy (non-hydrogen) atoms. The molecule has 0 aliphatic heterocycles. The minimum atomic E-state index is -0.155. The van der Waals surface area contributed by atoms with Crippen LogP contribution in [0.2, 0.25) is 10.0 Å². The molecule has 1 aromatic rings. The van der Waals surface area contributed by atoms with E-state index in [-0.39, 0.29) is 12.5 Å². The topological polar surface area (TPSA) is 40.5 Å². The lowest BCUT2D eigenvalue weighted by atomic mass is 10.2. The lowest BCUT2D eigenvalue weighted by Crippen LogP contribution is -2.31. The zero-order valence-electron chi connectivity index (χ0n) is 10.1. The number of halogens is 2. The van der Waals surface area contributed by atoms with Gasteiger partial charge in [-0.2, -0.15) is 0 Å². The number of likely N-dealkylation sites (N-methyl/N-ethyl adjacent to an activating group) is 1. The van der Waals surface area contributed by atoms with Gasteiger partial charge in [0.15, 0.2) is 0 Å². The summed E-state index contributed by atoms with van der Waals surface area (Å²) in [6.07, 6.45) is 3.08. The average molecular weight is 288 g/mol. The van der Waals surface area contributed by atoms with Gasteiger partial charge in [-0.05, 0) is 30.7 Å². The van der Waals surface area contributed by atoms with Crippen LogP contribution in [0.1, 0.15) is 12.5 Å². The molecule has 0 fully saturated rings. The summed E-state index contributed by atoms with van der Waals surface area (Å²) in [5.41, 5.74) is 0.731. The van der Waals surface area contributed by atoms with Crippen LogP contribution in [0.25, 0.3) is 6.08 Å². The second kappa shape index (κ2) is 7.41. The molecule has 0 aliphatic carbocycles. The summed E-state index contributed by atoms with van der Waals surface area (Å²) in [6.45, 7) is 2.69. The number of carbonyl (C=O) groups is 1. The maximum absolute atomic E-state index is 11.8. The summed E-state index contributed by atoms with van der Waals surface area (Å²) >= 11 is 11.8. The Bertz CT molecular complexity index is 447. The van der Waals surface area contributed by atoms with E-state index in [1.54, 1.807) is 29.2 Å². The normalized spacial score (nSPS) is 10.9. The van der Waals surface area contributed by atoms with Crippen molar-refractivity contribution < 1.29 is 9.90 Å². The highest BCUT2D eigenvalue weighted by atomic mass is 35.5. The smallest absolute Gasteiger partial charge is 0.246 e. The van der Waals surface area contributed by atoms with E-state index in [1.165, 1.54) is 6.08 Å². The van der Waals surface area contributed by atoms with E-state index in [4.69, 9.17) is 28.3 Å². The molecule has 1 aromatic carbocycles. The van der Waals surface area contributed by atoms with Crippen molar-refractivity contribution in [2.45, 2.75) is 6.92 Å². The maximum atomic E-state index is 11.8. The van der Waals surface area contributed by atoms with Crippen molar-refractivity contribution >= 4 is 35.2 Å². The summed E-state index contributed by atoms with van der Waals surface area (Å²) in [7, 11) is 0. The fraction of sp³-hybridized carbons (Fsp3) is 0.308. The standard InChI is InChI=1S/C13H15Cl2NO2/c1-2-16(7-8-17)13(18)6-4-10-3-5-11(14)9-12(10)15/h3-6,9,17H,2,7-8H2,1H3/b6-4+. The third kappa shape index (κ3) is 4.33. The summed E-state index contributed by atoms with van der Waals surface area (Å²) in [6, 6.07) is 5.08. The first-order valence-corrected chi connectivity index (χ1v) is 6.37. The lowest BCUT2D eigenvalue weighted by molar-refractivity contribution is -0.126. The van der Waals surface area contributed by atoms with Gasteiger partial charge in [0.25, 0.3) is 0 Å². The van der Waals surface area contributed by atoms with E-state index in [0.717, 1.165) is 5.56 Å². The van der Waals surface area contributed by atoms with Crippen molar-refractivity contribution in [1.82, 2.24) is 4.90 Å². The van der Waals surface area contributed by atoms with Crippen LogP contribution in [0.5, 0.6) is 0 Å². The van der Waals surface area contributed by atoms with Crippen molar-refractivity contribution in [2.75, 3.05) is 19.7 Å². The van der Waals surface area contributed by atoms with E-state index in [1.807, 2.05) is 6.92 Å². The Labute approximate surface area is 117 Å². The van der Waals surface area contributed by atoms with Crippen LogP contribution in [0.3, 0.4) is 0 Å². The number of aliphatic hydroxyl groups excluding tert-OH is 1. The molecule has 1 N–H and O–H groups in total. The van der Waals surface area contributed by atoms with Crippen LogP contribution in [0.15, 0.2) is 24.3 Å². The molecule has 0 radical (unpaired) electrons. The highest BCUT2D eigenvalue weighted by molar-refractivity contribution is 6.35. The Hall–Kier alpha value is -1.03. The summed E-state index contributed by atoms with van der Waals surface area (Å²) in [5, 5.41) is 9.87. The van der Waals surface area contributed by atoms with Crippen LogP contribution in [0, 0.1) is 0 Å². The number of hydrogen-bond acceptors (Lipinski definition) is 2. The van der Waals surface area contributed by atoms with Crippen molar-refractivity contribution in [1.29, 1.82) is 0 Å². The van der Waals surface area contributed by atoms with Crippen LogP contribution in [0.4, 0.5) is 0 Å². The predicted octanol–water partition coefficient (Wildman–Crippen LogP) is 2.85. The number of nitrogens with zero attached hydrogens (tertiary/aromatic N) is 1. The lowest BCUT2D eigenvalue weighted by Gasteiger charge is -2.17. The van der Waals surface area contributed by atoms with Crippen LogP contribution < -0.4 is 0 Å². The van der Waals surface area contributed by atoms with Crippen molar-refractivity contribution in [2.24, 2.45) is 0 Å². The first-order chi connectivity index (χ1) is 8.58. The molecule has 0 unspecified atom stereocenters. The van der Waals surface area contributed by atoms with Gasteiger partial charge in [-0.15, -0.1) is 0 Å². The summed E-state index contributed by atoms with van der Waals surface area (Å²) < 4.78 is 0. The summed E-state index contributed by atoms with van der Waals surface area (Å²) in [4.78, 5) is 13.3. The fourth-order valence-corrected chi connectivity index (χ4v) is 1.92. The van der Waals surface area contributed by atoms with Gasteiger partial charge in [0, 0.05) is 29.2 Å². The largest absolute Gasteiger partial charge is 0.395 e. The molecule has 0 atom stereocenters. The SMILES string of the molecule is CCN(CCO)C(=O)/C=C/c1ccc(Cl)cc1Cl. The minimum Gasteiger partial charge on any atom is -0.395 e. The Balaban J connectivity index is 2.76. The van der Waals surface area contributed by atoms with Crippen molar-refractivity contribution in [3.8, 4) is 0 Å². The quantitative estimate of drug-likeness (QED) is 0.846. The monoisotopic (exact) mass is 287 g/mol. The number of benzene rings is 1. The van der Waals surface area contributed by atoms with Crippen molar-refractivity contribution in [3.63, 3.8) is 0 Å². The summed E-state index contributed by atoms with van der Waals surface area (Å²) in [5.74, 6) is -0.155. The first-order valence-electron chi connectivity index (χ1n) is 5.61. The van der Waals surface area contributed by atoms with Crippen LogP contribution in [-0.2, 0) is 4.79 Å². The van der Waals surface area contributed by atoms with Gasteiger partial charge in [-0.1, -0.05) is 29.3 Å². The number of hydrogen-bond donors (Lipinski definition) is 1. The average Bonchev–Trinajstić information content (AvgIpc) is 2.34. The molecule has 0 aliphatic rings. The Morgan fingerprint density at radius 1 is 1.44 bits per heavy atom. The maximum Gasteiger partial charge on any atom is 0.246 e. The number of aliphatic hydroxyl groups is 1. The Morgan fingerprint density at radius 2 is 2.17 bits per heavy atom. The molecular weight excluding hydrogens is 273 g/mol. The second-order valence-electron chi connectivity index (χ2n) is 3.64. The first kappa shape index (κ1) is 15.0. The van der Waals surface area contributed by atoms with Crippen LogP contribution >= 0.6 is 23.2 Å². The van der Waals surface area contributed by atoms with Gasteiger partial charge in [-0.3, -0.25) is 4.79 Å². The number of rotatable bonds is 5. The highest BCUT2D eigenvalue weighted by Gasteiger charge is 2.07. The van der Waals surface area contributed by atoms with E-state index in [2.05, 4.69) is 0 Å². The molecule has 1 amide bonds.